The zero-order valence-electron chi connectivity index (χ0n) is 6.96. The molecular weight excluding hydrogens is 144 g/mol. The van der Waals surface area contributed by atoms with Crippen molar-refractivity contribution >= 4 is 0 Å². The molecule has 1 rings (SSSR count). The Morgan fingerprint density at radius 1 is 1.45 bits per heavy atom. The van der Waals surface area contributed by atoms with Crippen LogP contribution in [-0.2, 0) is 9.47 Å². The summed E-state index contributed by atoms with van der Waals surface area (Å²) in [5.74, 6) is 1.50. The molecule has 3 heteroatoms. The first-order valence-electron chi connectivity index (χ1n) is 3.95. The molecule has 64 valence electrons. The molecule has 0 aliphatic carbocycles. The van der Waals surface area contributed by atoms with Crippen LogP contribution < -0.4 is 0 Å². The van der Waals surface area contributed by atoms with Crippen LogP contribution in [0.1, 0.15) is 33.1 Å². The number of unbranched alkanes of at least 4 members (excludes halogenated alkanes) is 1. The third kappa shape index (κ3) is 2.12. The van der Waals surface area contributed by atoms with E-state index in [4.69, 9.17) is 14.6 Å². The van der Waals surface area contributed by atoms with Crippen molar-refractivity contribution in [3.05, 3.63) is 11.5 Å². The van der Waals surface area contributed by atoms with E-state index in [1.54, 1.807) is 6.92 Å². The fourth-order valence-corrected chi connectivity index (χ4v) is 1.02. The molecule has 1 atom stereocenters. The van der Waals surface area contributed by atoms with Crippen molar-refractivity contribution in [1.82, 2.24) is 0 Å². The monoisotopic (exact) mass is 158 g/mol. The minimum Gasteiger partial charge on any atom is -0.434 e. The van der Waals surface area contributed by atoms with Crippen LogP contribution in [0.25, 0.3) is 0 Å². The van der Waals surface area contributed by atoms with Crippen LogP contribution >= 0.6 is 0 Å². The molecule has 11 heavy (non-hydrogen) atoms. The lowest BCUT2D eigenvalue weighted by Gasteiger charge is -2.02. The maximum atomic E-state index is 8.88. The summed E-state index contributed by atoms with van der Waals surface area (Å²) >= 11 is 0. The van der Waals surface area contributed by atoms with Crippen LogP contribution in [0.4, 0.5) is 0 Å². The standard InChI is InChI=1S/C8H14O3/c1-3-4-5-7-6(2)10-8(9)11-7/h8-9H,3-5H2,1-2H3. The zero-order chi connectivity index (χ0) is 8.27. The van der Waals surface area contributed by atoms with Gasteiger partial charge in [0, 0.05) is 6.42 Å². The smallest absolute Gasteiger partial charge is 0.357 e. The van der Waals surface area contributed by atoms with Gasteiger partial charge in [0.15, 0.2) is 0 Å². The number of hydrogen-bond donors (Lipinski definition) is 1. The lowest BCUT2D eigenvalue weighted by molar-refractivity contribution is -0.193. The quantitative estimate of drug-likeness (QED) is 0.679. The number of aliphatic hydroxyl groups excluding tert-OH is 1. The highest BCUT2D eigenvalue weighted by Gasteiger charge is 2.20. The molecule has 0 fully saturated rings. The van der Waals surface area contributed by atoms with Gasteiger partial charge in [-0.15, -0.1) is 0 Å². The normalized spacial score (nSPS) is 23.4. The predicted molar refractivity (Wildman–Crippen MR) is 40.4 cm³/mol. The van der Waals surface area contributed by atoms with Crippen molar-refractivity contribution in [3.8, 4) is 0 Å². The highest BCUT2D eigenvalue weighted by atomic mass is 16.8. The molecule has 0 aromatic rings. The summed E-state index contributed by atoms with van der Waals surface area (Å²) < 4.78 is 9.87. The van der Waals surface area contributed by atoms with Crippen LogP contribution in [0.2, 0.25) is 0 Å². The average Bonchev–Trinajstić information content (AvgIpc) is 2.26. The summed E-state index contributed by atoms with van der Waals surface area (Å²) in [4.78, 5) is 0. The topological polar surface area (TPSA) is 38.7 Å². The summed E-state index contributed by atoms with van der Waals surface area (Å²) in [6, 6.07) is 0. The summed E-state index contributed by atoms with van der Waals surface area (Å²) in [7, 11) is 0. The number of allylic oxidation sites excluding steroid dienone is 2. The third-order valence-corrected chi connectivity index (χ3v) is 1.67. The highest BCUT2D eigenvalue weighted by molar-refractivity contribution is 5.01. The van der Waals surface area contributed by atoms with Gasteiger partial charge in [0.05, 0.1) is 0 Å². The number of ether oxygens (including phenoxy) is 2. The molecule has 1 unspecified atom stereocenters. The van der Waals surface area contributed by atoms with E-state index in [9.17, 15) is 0 Å². The maximum absolute atomic E-state index is 8.88. The Bertz CT molecular complexity index is 163. The van der Waals surface area contributed by atoms with E-state index in [0.717, 1.165) is 25.0 Å². The Balaban J connectivity index is 2.38. The molecule has 0 aromatic carbocycles. The van der Waals surface area contributed by atoms with Gasteiger partial charge in [-0.05, 0) is 13.3 Å². The summed E-state index contributed by atoms with van der Waals surface area (Å²) in [5.41, 5.74) is 0. The van der Waals surface area contributed by atoms with Crippen molar-refractivity contribution in [2.24, 2.45) is 0 Å². The molecule has 1 N–H and O–H groups in total. The molecule has 0 spiro atoms. The van der Waals surface area contributed by atoms with Gasteiger partial charge in [-0.2, -0.15) is 0 Å². The number of hydrogen-bond acceptors (Lipinski definition) is 3. The third-order valence-electron chi connectivity index (χ3n) is 1.67. The second kappa shape index (κ2) is 3.62. The second-order valence-electron chi connectivity index (χ2n) is 2.63. The van der Waals surface area contributed by atoms with Crippen molar-refractivity contribution in [2.75, 3.05) is 0 Å². The van der Waals surface area contributed by atoms with E-state index in [0.29, 0.717) is 5.76 Å². The van der Waals surface area contributed by atoms with Crippen LogP contribution in [0.3, 0.4) is 0 Å². The van der Waals surface area contributed by atoms with Gasteiger partial charge in [-0.1, -0.05) is 13.3 Å². The van der Waals surface area contributed by atoms with Crippen molar-refractivity contribution < 1.29 is 14.6 Å². The number of aliphatic hydroxyl groups is 1. The molecule has 1 aliphatic heterocycles. The molecule has 0 radical (unpaired) electrons. The van der Waals surface area contributed by atoms with Crippen LogP contribution in [-0.4, -0.2) is 11.6 Å². The molecule has 0 amide bonds. The van der Waals surface area contributed by atoms with E-state index in [-0.39, 0.29) is 0 Å². The molecule has 0 aromatic heterocycles. The van der Waals surface area contributed by atoms with Gasteiger partial charge in [0.2, 0.25) is 0 Å². The first-order chi connectivity index (χ1) is 5.24. The van der Waals surface area contributed by atoms with Gasteiger partial charge < -0.3 is 14.6 Å². The number of rotatable bonds is 3. The highest BCUT2D eigenvalue weighted by Crippen LogP contribution is 2.23. The van der Waals surface area contributed by atoms with Crippen LogP contribution in [0, 0.1) is 0 Å². The van der Waals surface area contributed by atoms with E-state index >= 15 is 0 Å². The van der Waals surface area contributed by atoms with Crippen LogP contribution in [0.5, 0.6) is 0 Å². The molecule has 0 bridgehead atoms. The van der Waals surface area contributed by atoms with E-state index in [1.165, 1.54) is 0 Å². The predicted octanol–water partition coefficient (Wildman–Crippen LogP) is 1.73. The fraction of sp³-hybridized carbons (Fsp3) is 0.750. The molecule has 1 heterocycles. The maximum Gasteiger partial charge on any atom is 0.357 e. The lowest BCUT2D eigenvalue weighted by atomic mass is 10.2. The zero-order valence-corrected chi connectivity index (χ0v) is 6.96. The van der Waals surface area contributed by atoms with Gasteiger partial charge in [0.1, 0.15) is 11.5 Å². The molecular formula is C8H14O3. The Labute approximate surface area is 66.6 Å². The van der Waals surface area contributed by atoms with E-state index < -0.39 is 6.48 Å². The van der Waals surface area contributed by atoms with Gasteiger partial charge in [0.25, 0.3) is 0 Å². The summed E-state index contributed by atoms with van der Waals surface area (Å²) in [5, 5.41) is 8.88. The van der Waals surface area contributed by atoms with Gasteiger partial charge >= 0.3 is 6.48 Å². The molecule has 3 nitrogen and oxygen atoms in total. The van der Waals surface area contributed by atoms with Gasteiger partial charge in [-0.25, -0.2) is 0 Å². The minimum atomic E-state index is -1.07. The Hall–Kier alpha value is -0.700. The van der Waals surface area contributed by atoms with E-state index in [2.05, 4.69) is 6.92 Å². The van der Waals surface area contributed by atoms with Crippen molar-refractivity contribution in [1.29, 1.82) is 0 Å². The van der Waals surface area contributed by atoms with Gasteiger partial charge in [-0.3, -0.25) is 0 Å². The first-order valence-corrected chi connectivity index (χ1v) is 3.95. The van der Waals surface area contributed by atoms with E-state index in [1.807, 2.05) is 0 Å². The average molecular weight is 158 g/mol. The Morgan fingerprint density at radius 2 is 2.18 bits per heavy atom. The SMILES string of the molecule is CCCCC1=C(C)OC(O)O1. The fourth-order valence-electron chi connectivity index (χ4n) is 1.02. The summed E-state index contributed by atoms with van der Waals surface area (Å²) in [6.07, 6.45) is 3.05. The van der Waals surface area contributed by atoms with Crippen molar-refractivity contribution in [3.63, 3.8) is 0 Å². The minimum absolute atomic E-state index is 0.714. The Morgan fingerprint density at radius 3 is 2.64 bits per heavy atom. The lowest BCUT2D eigenvalue weighted by Crippen LogP contribution is -2.05. The summed E-state index contributed by atoms with van der Waals surface area (Å²) in [6.45, 7) is 2.85. The first kappa shape index (κ1) is 8.40. The molecule has 1 aliphatic rings. The molecule has 0 saturated heterocycles. The largest absolute Gasteiger partial charge is 0.434 e. The Kier molecular flexibility index (Phi) is 2.76. The van der Waals surface area contributed by atoms with Crippen molar-refractivity contribution in [2.45, 2.75) is 39.6 Å². The molecule has 0 saturated carbocycles. The van der Waals surface area contributed by atoms with Crippen LogP contribution in [0.15, 0.2) is 11.5 Å². The second-order valence-corrected chi connectivity index (χ2v) is 2.63.